The number of guanidine groups is 1. The highest BCUT2D eigenvalue weighted by atomic mass is 127. The highest BCUT2D eigenvalue weighted by Crippen LogP contribution is 2.14. The number of nitrogens with zero attached hydrogens (tertiary/aromatic N) is 2. The Kier molecular flexibility index (Phi) is 12.0. The summed E-state index contributed by atoms with van der Waals surface area (Å²) in [5, 5.41) is 9.79. The number of amides is 1. The van der Waals surface area contributed by atoms with Crippen molar-refractivity contribution >= 4 is 35.8 Å². The van der Waals surface area contributed by atoms with Crippen molar-refractivity contribution in [1.29, 1.82) is 0 Å². The zero-order valence-electron chi connectivity index (χ0n) is 19.5. The molecule has 1 heterocycles. The molecule has 0 atom stereocenters. The number of likely N-dealkylation sites (tertiary alicyclic amines) is 1. The normalized spacial score (nSPS) is 14.8. The van der Waals surface area contributed by atoms with Gasteiger partial charge in [-0.15, -0.1) is 24.0 Å². The van der Waals surface area contributed by atoms with Gasteiger partial charge in [-0.05, 0) is 43.5 Å². The number of carbonyl (C=O) groups excluding carboxylic acids is 1. The molecule has 1 fully saturated rings. The van der Waals surface area contributed by atoms with E-state index in [0.29, 0.717) is 30.4 Å². The summed E-state index contributed by atoms with van der Waals surface area (Å²) in [4.78, 5) is 19.5. The first kappa shape index (κ1) is 26.9. The van der Waals surface area contributed by atoms with Gasteiger partial charge >= 0.3 is 0 Å². The molecule has 7 nitrogen and oxygen atoms in total. The number of nitrogens with one attached hydrogen (secondary N) is 3. The Balaban J connectivity index is 0.00000385. The van der Waals surface area contributed by atoms with Crippen molar-refractivity contribution in [1.82, 2.24) is 20.9 Å². The first-order valence-corrected chi connectivity index (χ1v) is 11.4. The predicted molar refractivity (Wildman–Crippen MR) is 145 cm³/mol. The minimum atomic E-state index is -0.122. The zero-order valence-corrected chi connectivity index (χ0v) is 21.9. The molecule has 1 aliphatic heterocycles. The van der Waals surface area contributed by atoms with E-state index in [4.69, 9.17) is 4.74 Å². The van der Waals surface area contributed by atoms with E-state index in [1.807, 2.05) is 12.1 Å². The van der Waals surface area contributed by atoms with E-state index in [0.717, 1.165) is 45.0 Å². The molecular formula is C25H36IN5O2. The molecule has 0 saturated carbocycles. The summed E-state index contributed by atoms with van der Waals surface area (Å²) in [6.45, 7) is 7.00. The zero-order chi connectivity index (χ0) is 22.6. The summed E-state index contributed by atoms with van der Waals surface area (Å²) < 4.78 is 5.18. The molecule has 0 unspecified atom stereocenters. The van der Waals surface area contributed by atoms with Gasteiger partial charge in [-0.3, -0.25) is 14.7 Å². The van der Waals surface area contributed by atoms with Crippen LogP contribution in [-0.4, -0.2) is 62.6 Å². The average Bonchev–Trinajstić information content (AvgIpc) is 2.83. The maximum absolute atomic E-state index is 12.3. The molecule has 0 aromatic heterocycles. The molecule has 2 aromatic rings. The van der Waals surface area contributed by atoms with Crippen LogP contribution in [-0.2, 0) is 6.54 Å². The second-order valence-electron chi connectivity index (χ2n) is 7.93. The van der Waals surface area contributed by atoms with E-state index in [1.54, 1.807) is 19.2 Å². The molecule has 1 saturated heterocycles. The number of hydrogen-bond donors (Lipinski definition) is 3. The maximum atomic E-state index is 12.3. The smallest absolute Gasteiger partial charge is 0.251 e. The van der Waals surface area contributed by atoms with Crippen molar-refractivity contribution in [2.24, 2.45) is 4.99 Å². The third-order valence-corrected chi connectivity index (χ3v) is 5.52. The van der Waals surface area contributed by atoms with Crippen LogP contribution >= 0.6 is 24.0 Å². The second kappa shape index (κ2) is 14.7. The Morgan fingerprint density at radius 3 is 2.55 bits per heavy atom. The van der Waals surface area contributed by atoms with E-state index < -0.39 is 0 Å². The lowest BCUT2D eigenvalue weighted by molar-refractivity contribution is 0.0954. The Bertz CT molecular complexity index is 870. The minimum Gasteiger partial charge on any atom is -0.497 e. The lowest BCUT2D eigenvalue weighted by Gasteiger charge is -2.33. The van der Waals surface area contributed by atoms with Gasteiger partial charge in [0.2, 0.25) is 0 Å². The van der Waals surface area contributed by atoms with Crippen molar-refractivity contribution in [2.75, 3.05) is 39.8 Å². The van der Waals surface area contributed by atoms with Gasteiger partial charge in [0, 0.05) is 44.3 Å². The molecular weight excluding hydrogens is 529 g/mol. The van der Waals surface area contributed by atoms with Crippen LogP contribution in [0.2, 0.25) is 0 Å². The van der Waals surface area contributed by atoms with Gasteiger partial charge in [0.1, 0.15) is 5.75 Å². The molecule has 1 amide bonds. The van der Waals surface area contributed by atoms with E-state index in [2.05, 4.69) is 63.1 Å². The van der Waals surface area contributed by atoms with Crippen molar-refractivity contribution in [3.05, 3.63) is 65.7 Å². The first-order chi connectivity index (χ1) is 15.7. The van der Waals surface area contributed by atoms with Gasteiger partial charge in [0.05, 0.1) is 13.7 Å². The van der Waals surface area contributed by atoms with Crippen LogP contribution in [0, 0.1) is 0 Å². The van der Waals surface area contributed by atoms with Gasteiger partial charge < -0.3 is 20.7 Å². The number of rotatable bonds is 9. The van der Waals surface area contributed by atoms with Gasteiger partial charge in [0.25, 0.3) is 5.91 Å². The average molecular weight is 566 g/mol. The van der Waals surface area contributed by atoms with Crippen molar-refractivity contribution in [3.63, 3.8) is 0 Å². The molecule has 33 heavy (non-hydrogen) atoms. The molecule has 0 bridgehead atoms. The molecule has 3 N–H and O–H groups in total. The summed E-state index contributed by atoms with van der Waals surface area (Å²) in [6, 6.07) is 18.2. The lowest BCUT2D eigenvalue weighted by Crippen LogP contribution is -2.48. The highest BCUT2D eigenvalue weighted by Gasteiger charge is 2.20. The van der Waals surface area contributed by atoms with Gasteiger partial charge in [-0.1, -0.05) is 36.4 Å². The summed E-state index contributed by atoms with van der Waals surface area (Å²) in [5.41, 5.74) is 1.95. The van der Waals surface area contributed by atoms with Crippen molar-refractivity contribution < 1.29 is 9.53 Å². The molecule has 0 aliphatic carbocycles. The number of methoxy groups -OCH3 is 1. The van der Waals surface area contributed by atoms with Gasteiger partial charge in [-0.25, -0.2) is 0 Å². The van der Waals surface area contributed by atoms with Crippen molar-refractivity contribution in [3.8, 4) is 5.75 Å². The minimum absolute atomic E-state index is 0. The topological polar surface area (TPSA) is 78.0 Å². The molecule has 2 aromatic carbocycles. The Morgan fingerprint density at radius 2 is 1.85 bits per heavy atom. The summed E-state index contributed by atoms with van der Waals surface area (Å²) in [5.74, 6) is 1.36. The third-order valence-electron chi connectivity index (χ3n) is 5.52. The largest absolute Gasteiger partial charge is 0.497 e. The molecule has 0 spiro atoms. The summed E-state index contributed by atoms with van der Waals surface area (Å²) in [6.07, 6.45) is 2.17. The fourth-order valence-electron chi connectivity index (χ4n) is 3.79. The van der Waals surface area contributed by atoms with Crippen LogP contribution in [0.3, 0.4) is 0 Å². The van der Waals surface area contributed by atoms with E-state index in [-0.39, 0.29) is 29.9 Å². The van der Waals surface area contributed by atoms with Crippen LogP contribution < -0.4 is 20.7 Å². The molecule has 1 aliphatic rings. The number of hydrogen-bond acceptors (Lipinski definition) is 4. The highest BCUT2D eigenvalue weighted by molar-refractivity contribution is 14.0. The maximum Gasteiger partial charge on any atom is 0.251 e. The number of aliphatic imine (C=N–C) groups is 1. The summed E-state index contributed by atoms with van der Waals surface area (Å²) >= 11 is 0. The number of piperidine rings is 1. The number of ether oxygens (including phenoxy) is 1. The number of halogens is 1. The lowest BCUT2D eigenvalue weighted by atomic mass is 10.0. The molecule has 180 valence electrons. The predicted octanol–water partition coefficient (Wildman–Crippen LogP) is 3.26. The van der Waals surface area contributed by atoms with E-state index in [9.17, 15) is 4.79 Å². The molecule has 8 heteroatoms. The Labute approximate surface area is 214 Å². The molecule has 3 rings (SSSR count). The number of carbonyl (C=O) groups is 1. The number of benzene rings is 2. The fraction of sp³-hybridized carbons (Fsp3) is 0.440. The van der Waals surface area contributed by atoms with Crippen LogP contribution in [0.15, 0.2) is 59.6 Å². The monoisotopic (exact) mass is 565 g/mol. The van der Waals surface area contributed by atoms with E-state index >= 15 is 0 Å². The van der Waals surface area contributed by atoms with Gasteiger partial charge in [-0.2, -0.15) is 0 Å². The second-order valence-corrected chi connectivity index (χ2v) is 7.93. The van der Waals surface area contributed by atoms with Gasteiger partial charge in [0.15, 0.2) is 5.96 Å². The first-order valence-electron chi connectivity index (χ1n) is 11.4. The van der Waals surface area contributed by atoms with Crippen LogP contribution in [0.5, 0.6) is 5.75 Å². The SMILES string of the molecule is CCNC(=NCCNC(=O)c1cccc(OC)c1)NC1CCN(Cc2ccccc2)CC1.I. The standard InChI is InChI=1S/C25H35N5O2.HI/c1-3-26-25(28-15-14-27-24(31)21-10-7-11-23(18-21)32-2)29-22-12-16-30(17-13-22)19-20-8-5-4-6-9-20;/h4-11,18,22H,3,12-17,19H2,1-2H3,(H,27,31)(H2,26,28,29);1H. The van der Waals surface area contributed by atoms with Crippen LogP contribution in [0.1, 0.15) is 35.7 Å². The van der Waals surface area contributed by atoms with E-state index in [1.165, 1.54) is 5.56 Å². The summed E-state index contributed by atoms with van der Waals surface area (Å²) in [7, 11) is 1.59. The molecule has 0 radical (unpaired) electrons. The Hall–Kier alpha value is -2.33. The van der Waals surface area contributed by atoms with Crippen LogP contribution in [0.25, 0.3) is 0 Å². The van der Waals surface area contributed by atoms with Crippen molar-refractivity contribution in [2.45, 2.75) is 32.4 Å². The quantitative estimate of drug-likeness (QED) is 0.188. The Morgan fingerprint density at radius 1 is 1.09 bits per heavy atom. The van der Waals surface area contributed by atoms with Crippen LogP contribution in [0.4, 0.5) is 0 Å². The fourth-order valence-corrected chi connectivity index (χ4v) is 3.79. The third kappa shape index (κ3) is 9.21.